The Kier molecular flexibility index (Phi) is 1.84. The monoisotopic (exact) mass is 498 g/mol. The molecule has 0 N–H and O–H groups in total. The fraction of sp³-hybridized carbons (Fsp3) is 0.0909. The number of hydrogen-bond acceptors (Lipinski definition) is 6. The zero-order valence-electron chi connectivity index (χ0n) is 9.16. The maximum atomic E-state index is 11.4. The molecule has 0 unspecified atom stereocenters. The van der Waals surface area contributed by atoms with Gasteiger partial charge in [-0.2, -0.15) is 0 Å². The van der Waals surface area contributed by atoms with Crippen LogP contribution in [0.1, 0.15) is 5.56 Å². The predicted octanol–water partition coefficient (Wildman–Crippen LogP) is -0.396. The third kappa shape index (κ3) is 1.01. The molecule has 2 heterocycles. The second-order valence-electron chi connectivity index (χ2n) is 3.60. The summed E-state index contributed by atoms with van der Waals surface area (Å²) in [6.45, 7) is 1.45. The van der Waals surface area contributed by atoms with Gasteiger partial charge in [0.15, 0.2) is 0 Å². The van der Waals surface area contributed by atoms with Crippen LogP contribution in [0.2, 0.25) is 0 Å². The molecule has 6 nitrogen and oxygen atoms in total. The topological polar surface area (TPSA) is 94.6 Å². The van der Waals surface area contributed by atoms with Gasteiger partial charge in [-0.1, -0.05) is 12.5 Å². The molecule has 0 aliphatic carbocycles. The Balaban J connectivity index is 0.00000120. The van der Waals surface area contributed by atoms with Crippen LogP contribution in [-0.2, 0) is 0 Å². The van der Waals surface area contributed by atoms with Crippen LogP contribution >= 0.6 is 0 Å². The van der Waals surface area contributed by atoms with E-state index in [1.807, 2.05) is 0 Å². The van der Waals surface area contributed by atoms with Crippen molar-refractivity contribution in [1.82, 2.24) is 0 Å². The average molecular weight is 498 g/mol. The van der Waals surface area contributed by atoms with Gasteiger partial charge in [0.05, 0.1) is 0 Å². The first-order valence-corrected chi connectivity index (χ1v) is 4.63. The van der Waals surface area contributed by atoms with Gasteiger partial charge >= 0.3 is 11.3 Å². The second kappa shape index (κ2) is 3.00. The summed E-state index contributed by atoms with van der Waals surface area (Å²) in [5, 5.41) is -0.309. The molecule has 0 saturated heterocycles. The van der Waals surface area contributed by atoms with Gasteiger partial charge in [-0.05, 0) is 10.8 Å². The molecular formula is C11H3O6Rf-. The van der Waals surface area contributed by atoms with E-state index in [0.717, 1.165) is 0 Å². The maximum Gasteiger partial charge on any atom is 0.304 e. The van der Waals surface area contributed by atoms with E-state index < -0.39 is 22.5 Å². The van der Waals surface area contributed by atoms with Crippen LogP contribution in [0.15, 0.2) is 28.0 Å². The molecule has 86 valence electrons. The summed E-state index contributed by atoms with van der Waals surface area (Å²) < 4.78 is 8.78. The van der Waals surface area contributed by atoms with Crippen LogP contribution < -0.4 is 22.5 Å². The van der Waals surface area contributed by atoms with E-state index >= 15 is 0 Å². The number of aryl methyl sites for hydroxylation is 1. The first-order chi connectivity index (χ1) is 8.00. The van der Waals surface area contributed by atoms with E-state index in [9.17, 15) is 19.2 Å². The van der Waals surface area contributed by atoms with Crippen molar-refractivity contribution in [1.29, 1.82) is 0 Å². The molecule has 0 atom stereocenters. The van der Waals surface area contributed by atoms with Gasteiger partial charge in [0.2, 0.25) is 0 Å². The molecule has 3 rings (SSSR count). The second-order valence-corrected chi connectivity index (χ2v) is 3.60. The molecule has 2 aromatic heterocycles. The third-order valence-corrected chi connectivity index (χ3v) is 2.69. The van der Waals surface area contributed by atoms with Crippen molar-refractivity contribution >= 4 is 21.5 Å². The standard InChI is InChI=1S/C11H3O6.Rf/c1-3-6-4(8(12)16-10(6)14)2-5-7(3)11(15)17-9(5)13;/h1H3;/q-1;. The van der Waals surface area contributed by atoms with Gasteiger partial charge in [0, 0.05) is 10.8 Å². The number of rotatable bonds is 0. The predicted molar refractivity (Wildman–Crippen MR) is 57.0 cm³/mol. The van der Waals surface area contributed by atoms with E-state index in [1.54, 1.807) is 0 Å². The van der Waals surface area contributed by atoms with Gasteiger partial charge in [-0.3, -0.25) is 19.2 Å². The average Bonchev–Trinajstić information content (AvgIpc) is 2.68. The van der Waals surface area contributed by atoms with Crippen LogP contribution in [-0.4, -0.2) is 0 Å². The molecule has 0 amide bonds. The van der Waals surface area contributed by atoms with Crippen LogP contribution in [0.25, 0.3) is 21.5 Å². The molecule has 0 aliphatic rings. The van der Waals surface area contributed by atoms with Crippen molar-refractivity contribution in [3.05, 3.63) is 53.3 Å². The molecule has 18 heavy (non-hydrogen) atoms. The molecule has 7 heteroatoms. The summed E-state index contributed by atoms with van der Waals surface area (Å²) >= 11 is 0. The Morgan fingerprint density at radius 1 is 0.778 bits per heavy atom. The summed E-state index contributed by atoms with van der Waals surface area (Å²) in [5.41, 5.74) is -3.21. The van der Waals surface area contributed by atoms with Crippen molar-refractivity contribution in [2.24, 2.45) is 0 Å². The van der Waals surface area contributed by atoms with E-state index in [-0.39, 0.29) is 27.1 Å². The molecular weight excluding hydrogens is 495 g/mol. The Morgan fingerprint density at radius 2 is 1.17 bits per heavy atom. The summed E-state index contributed by atoms with van der Waals surface area (Å²) in [5.74, 6) is 0. The Labute approximate surface area is 91.4 Å². The molecule has 3 aromatic rings. The van der Waals surface area contributed by atoms with Crippen molar-refractivity contribution < 1.29 is 8.83 Å². The van der Waals surface area contributed by atoms with Gasteiger partial charge in [0.1, 0.15) is 0 Å². The van der Waals surface area contributed by atoms with Crippen LogP contribution in [0.3, 0.4) is 0 Å². The van der Waals surface area contributed by atoms with Crippen molar-refractivity contribution in [2.45, 2.75) is 6.92 Å². The molecule has 0 fully saturated rings. The zero-order chi connectivity index (χ0) is 12.3. The first kappa shape index (κ1) is 11.0. The number of furan rings is 2. The van der Waals surface area contributed by atoms with Crippen molar-refractivity contribution in [3.63, 3.8) is 0 Å². The van der Waals surface area contributed by atoms with Gasteiger partial charge in [0.25, 0.3) is 11.3 Å². The van der Waals surface area contributed by atoms with Crippen LogP contribution in [0.4, 0.5) is 0 Å². The molecule has 0 radical (unpaired) electrons. The normalized spacial score (nSPS) is 10.9. The SMILES string of the molecule is Cc1c2c(=O)oc(=O)c2[c-]c2c(=O)oc(=O)c12.[Rf]. The Hall–Kier alpha value is -3.50. The third-order valence-electron chi connectivity index (χ3n) is 2.69. The van der Waals surface area contributed by atoms with Crippen molar-refractivity contribution in [2.75, 3.05) is 0 Å². The molecule has 0 spiro atoms. The smallest absolute Gasteiger partial charge is 0.304 e. The van der Waals surface area contributed by atoms with Crippen LogP contribution in [0.5, 0.6) is 0 Å². The summed E-state index contributed by atoms with van der Waals surface area (Å²) in [6, 6.07) is 2.42. The maximum absolute atomic E-state index is 11.4. The molecule has 0 bridgehead atoms. The minimum Gasteiger partial charge on any atom is -0.430 e. The van der Waals surface area contributed by atoms with Gasteiger partial charge in [-0.15, -0.1) is 6.07 Å². The van der Waals surface area contributed by atoms with E-state index in [0.29, 0.717) is 0 Å². The zero-order valence-corrected chi connectivity index (χ0v) is 15.6. The summed E-state index contributed by atoms with van der Waals surface area (Å²) in [6.07, 6.45) is 0. The van der Waals surface area contributed by atoms with E-state index in [4.69, 9.17) is 0 Å². The fourth-order valence-electron chi connectivity index (χ4n) is 1.94. The van der Waals surface area contributed by atoms with Gasteiger partial charge in [-0.25, -0.2) is 0 Å². The Bertz CT molecular complexity index is 891. The summed E-state index contributed by atoms with van der Waals surface area (Å²) in [7, 11) is 0. The minimum absolute atomic E-state index is 0. The minimum atomic E-state index is -0.872. The number of hydrogen-bond donors (Lipinski definition) is 0. The van der Waals surface area contributed by atoms with Gasteiger partial charge < -0.3 is 8.83 Å². The first-order valence-electron chi connectivity index (χ1n) is 4.63. The number of fused-ring (bicyclic) bond motifs is 2. The van der Waals surface area contributed by atoms with E-state index in [2.05, 4.69) is 14.9 Å². The molecule has 1 aromatic carbocycles. The quantitative estimate of drug-likeness (QED) is 0.392. The van der Waals surface area contributed by atoms with E-state index in [1.165, 1.54) is 6.92 Å². The van der Waals surface area contributed by atoms with Crippen LogP contribution in [0, 0.1) is 13.0 Å². The fourth-order valence-corrected chi connectivity index (χ4v) is 1.94. The number of benzene rings is 1. The molecule has 0 saturated carbocycles. The summed E-state index contributed by atoms with van der Waals surface area (Å²) in [4.78, 5) is 45.4. The Morgan fingerprint density at radius 3 is 1.56 bits per heavy atom. The molecule has 0 aliphatic heterocycles. The van der Waals surface area contributed by atoms with Crippen molar-refractivity contribution in [3.8, 4) is 0 Å². The largest absolute Gasteiger partial charge is 0.430 e.